The second kappa shape index (κ2) is 6.20. The van der Waals surface area contributed by atoms with Gasteiger partial charge in [-0.3, -0.25) is 4.90 Å². The molecule has 1 fully saturated rings. The summed E-state index contributed by atoms with van der Waals surface area (Å²) in [5, 5.41) is 18.5. The van der Waals surface area contributed by atoms with Crippen molar-refractivity contribution >= 4 is 11.0 Å². The summed E-state index contributed by atoms with van der Waals surface area (Å²) in [4.78, 5) is 6.78. The van der Waals surface area contributed by atoms with E-state index in [1.165, 1.54) is 12.1 Å². The number of aliphatic hydroxyl groups is 1. The van der Waals surface area contributed by atoms with E-state index in [1.54, 1.807) is 23.1 Å². The fourth-order valence-corrected chi connectivity index (χ4v) is 3.65. The van der Waals surface area contributed by atoms with Crippen LogP contribution in [0.1, 0.15) is 19.2 Å². The summed E-state index contributed by atoms with van der Waals surface area (Å²) >= 11 is 0. The molecule has 0 radical (unpaired) electrons. The molecule has 0 bridgehead atoms. The lowest BCUT2D eigenvalue weighted by Crippen LogP contribution is -2.37. The predicted molar refractivity (Wildman–Crippen MR) is 90.2 cm³/mol. The maximum atomic E-state index is 13.5. The van der Waals surface area contributed by atoms with Gasteiger partial charge in [0.2, 0.25) is 0 Å². The highest BCUT2D eigenvalue weighted by Gasteiger charge is 2.37. The van der Waals surface area contributed by atoms with Gasteiger partial charge in [-0.2, -0.15) is 0 Å². The zero-order valence-corrected chi connectivity index (χ0v) is 14.1. The van der Waals surface area contributed by atoms with Crippen molar-refractivity contribution in [3.63, 3.8) is 0 Å². The van der Waals surface area contributed by atoms with Crippen LogP contribution in [0.3, 0.4) is 0 Å². The molecule has 1 aromatic carbocycles. The van der Waals surface area contributed by atoms with E-state index in [1.807, 2.05) is 0 Å². The van der Waals surface area contributed by atoms with Gasteiger partial charge in [0, 0.05) is 31.9 Å². The van der Waals surface area contributed by atoms with Crippen molar-refractivity contribution in [1.29, 1.82) is 0 Å². The molecule has 0 aliphatic carbocycles. The number of hydrogen-bond acceptors (Lipinski definition) is 5. The summed E-state index contributed by atoms with van der Waals surface area (Å²) in [5.74, 6) is 0.622. The Hall–Kier alpha value is -2.32. The van der Waals surface area contributed by atoms with Crippen LogP contribution in [0.2, 0.25) is 0 Å². The van der Waals surface area contributed by atoms with Gasteiger partial charge in [0.25, 0.3) is 0 Å². The number of nitrogens with zero attached hydrogens (tertiary/aromatic N) is 6. The molecule has 0 saturated carbocycles. The zero-order valence-electron chi connectivity index (χ0n) is 14.1. The van der Waals surface area contributed by atoms with Crippen molar-refractivity contribution in [1.82, 2.24) is 29.4 Å². The van der Waals surface area contributed by atoms with Crippen LogP contribution in [0.15, 0.2) is 30.6 Å². The largest absolute Gasteiger partial charge is 0.387 e. The fourth-order valence-electron chi connectivity index (χ4n) is 3.65. The van der Waals surface area contributed by atoms with Gasteiger partial charge in [-0.05, 0) is 25.5 Å². The Labute approximate surface area is 144 Å². The smallest absolute Gasteiger partial charge is 0.125 e. The van der Waals surface area contributed by atoms with Gasteiger partial charge in [-0.15, -0.1) is 5.10 Å². The quantitative estimate of drug-likeness (QED) is 0.758. The summed E-state index contributed by atoms with van der Waals surface area (Å²) < 4.78 is 17.2. The van der Waals surface area contributed by atoms with E-state index in [0.717, 1.165) is 24.4 Å². The van der Waals surface area contributed by atoms with Crippen molar-refractivity contribution in [2.75, 3.05) is 13.1 Å². The maximum absolute atomic E-state index is 13.5. The first-order valence-electron chi connectivity index (χ1n) is 8.50. The minimum atomic E-state index is -0.817. The van der Waals surface area contributed by atoms with Crippen molar-refractivity contribution in [2.45, 2.75) is 38.6 Å². The van der Waals surface area contributed by atoms with E-state index in [0.29, 0.717) is 31.6 Å². The summed E-state index contributed by atoms with van der Waals surface area (Å²) in [5.41, 5.74) is 0.799. The summed E-state index contributed by atoms with van der Waals surface area (Å²) in [7, 11) is 0. The number of imidazole rings is 1. The third-order valence-electron chi connectivity index (χ3n) is 4.81. The summed E-state index contributed by atoms with van der Waals surface area (Å²) in [6.07, 6.45) is 4.04. The Morgan fingerprint density at radius 2 is 2.24 bits per heavy atom. The highest BCUT2D eigenvalue weighted by molar-refractivity contribution is 5.76. The molecule has 1 N–H and O–H groups in total. The topological polar surface area (TPSA) is 72.0 Å². The van der Waals surface area contributed by atoms with Crippen LogP contribution in [0.25, 0.3) is 11.0 Å². The molecule has 132 valence electrons. The van der Waals surface area contributed by atoms with Gasteiger partial charge < -0.3 is 9.67 Å². The summed E-state index contributed by atoms with van der Waals surface area (Å²) in [6, 6.07) is 4.71. The first-order valence-corrected chi connectivity index (χ1v) is 8.50. The van der Waals surface area contributed by atoms with Gasteiger partial charge in [0.1, 0.15) is 11.6 Å². The van der Waals surface area contributed by atoms with Crippen molar-refractivity contribution in [3.05, 3.63) is 42.2 Å². The Morgan fingerprint density at radius 1 is 1.36 bits per heavy atom. The number of β-amino-alcohol motifs (C(OH)–C–C–N with tert-alkyl or cyclic N) is 1. The molecule has 1 unspecified atom stereocenters. The molecule has 8 heteroatoms. The number of aromatic nitrogens is 5. The molecular weight excluding hydrogens is 323 g/mol. The predicted octanol–water partition coefficient (Wildman–Crippen LogP) is 1.42. The minimum absolute atomic E-state index is 0.275. The number of halogens is 1. The average Bonchev–Trinajstić information content (AvgIpc) is 3.27. The third-order valence-corrected chi connectivity index (χ3v) is 4.81. The molecule has 1 atom stereocenters. The molecule has 4 rings (SSSR count). The van der Waals surface area contributed by atoms with Gasteiger partial charge in [-0.1, -0.05) is 5.21 Å². The van der Waals surface area contributed by atoms with Crippen molar-refractivity contribution in [3.8, 4) is 0 Å². The minimum Gasteiger partial charge on any atom is -0.387 e. The van der Waals surface area contributed by atoms with Gasteiger partial charge in [0.15, 0.2) is 0 Å². The molecule has 0 amide bonds. The number of fused-ring (bicyclic) bond motifs is 1. The number of rotatable bonds is 5. The van der Waals surface area contributed by atoms with Crippen LogP contribution < -0.4 is 0 Å². The van der Waals surface area contributed by atoms with E-state index in [-0.39, 0.29) is 5.82 Å². The van der Waals surface area contributed by atoms with E-state index < -0.39 is 5.60 Å². The molecule has 3 heterocycles. The number of hydrogen-bond donors (Lipinski definition) is 1. The van der Waals surface area contributed by atoms with Crippen molar-refractivity contribution < 1.29 is 9.50 Å². The number of aryl methyl sites for hydroxylation is 1. The Kier molecular flexibility index (Phi) is 4.01. The van der Waals surface area contributed by atoms with Crippen LogP contribution in [0.5, 0.6) is 0 Å². The van der Waals surface area contributed by atoms with Crippen LogP contribution in [-0.4, -0.2) is 53.2 Å². The number of benzene rings is 1. The van der Waals surface area contributed by atoms with E-state index >= 15 is 0 Å². The SMILES string of the molecule is CCn1c(CN2CCC(O)(Cn3ccnn3)C2)nc2cc(F)ccc21. The molecule has 25 heavy (non-hydrogen) atoms. The first kappa shape index (κ1) is 16.2. The van der Waals surface area contributed by atoms with E-state index in [2.05, 4.69) is 31.7 Å². The van der Waals surface area contributed by atoms with Gasteiger partial charge in [0.05, 0.1) is 35.9 Å². The molecule has 0 spiro atoms. The zero-order chi connectivity index (χ0) is 17.4. The molecule has 7 nitrogen and oxygen atoms in total. The Balaban J connectivity index is 1.52. The van der Waals surface area contributed by atoms with Crippen LogP contribution in [0, 0.1) is 5.82 Å². The van der Waals surface area contributed by atoms with Crippen LogP contribution in [0.4, 0.5) is 4.39 Å². The first-order chi connectivity index (χ1) is 12.1. The lowest BCUT2D eigenvalue weighted by Gasteiger charge is -2.23. The lowest BCUT2D eigenvalue weighted by atomic mass is 10.0. The second-order valence-electron chi connectivity index (χ2n) is 6.69. The molecule has 2 aromatic heterocycles. The summed E-state index contributed by atoms with van der Waals surface area (Å²) in [6.45, 7) is 5.22. The lowest BCUT2D eigenvalue weighted by molar-refractivity contribution is 0.0271. The normalized spacial score (nSPS) is 21.4. The van der Waals surface area contributed by atoms with E-state index in [9.17, 15) is 9.50 Å². The molecule has 3 aromatic rings. The molecule has 1 saturated heterocycles. The highest BCUT2D eigenvalue weighted by Crippen LogP contribution is 2.25. The second-order valence-corrected chi connectivity index (χ2v) is 6.69. The Morgan fingerprint density at radius 3 is 3.00 bits per heavy atom. The molecule has 1 aliphatic heterocycles. The Bertz CT molecular complexity index is 877. The van der Waals surface area contributed by atoms with Crippen LogP contribution in [-0.2, 0) is 19.6 Å². The van der Waals surface area contributed by atoms with E-state index in [4.69, 9.17) is 0 Å². The van der Waals surface area contributed by atoms with Gasteiger partial charge >= 0.3 is 0 Å². The van der Waals surface area contributed by atoms with Crippen LogP contribution >= 0.6 is 0 Å². The number of likely N-dealkylation sites (tertiary alicyclic amines) is 1. The third kappa shape index (κ3) is 3.14. The van der Waals surface area contributed by atoms with Crippen molar-refractivity contribution in [2.24, 2.45) is 0 Å². The molecule has 1 aliphatic rings. The van der Waals surface area contributed by atoms with Gasteiger partial charge in [-0.25, -0.2) is 14.1 Å². The maximum Gasteiger partial charge on any atom is 0.125 e. The monoisotopic (exact) mass is 344 g/mol. The average molecular weight is 344 g/mol. The standard InChI is InChI=1S/C17H21FN6O/c1-2-24-15-4-3-13(18)9-14(15)20-16(24)10-22-7-5-17(25,11-22)12-23-8-6-19-21-23/h3-4,6,8-9,25H,2,5,7,10-12H2,1H3. The molecular formula is C17H21FN6O. The highest BCUT2D eigenvalue weighted by atomic mass is 19.1. The fraction of sp³-hybridized carbons (Fsp3) is 0.471.